The molecule has 2 aliphatic heterocycles. The van der Waals surface area contributed by atoms with Crippen molar-refractivity contribution in [1.82, 2.24) is 34.4 Å². The van der Waals surface area contributed by atoms with Crippen LogP contribution in [0.1, 0.15) is 47.9 Å². The molecule has 46 heavy (non-hydrogen) atoms. The lowest BCUT2D eigenvalue weighted by molar-refractivity contribution is 0.0519. The highest BCUT2D eigenvalue weighted by Gasteiger charge is 2.44. The van der Waals surface area contributed by atoms with Crippen LogP contribution in [-0.2, 0) is 9.84 Å². The molecule has 3 N–H and O–H groups in total. The smallest absolute Gasteiger partial charge is 0.289 e. The summed E-state index contributed by atoms with van der Waals surface area (Å²) < 4.78 is 28.0. The van der Waals surface area contributed by atoms with E-state index in [-0.39, 0.29) is 34.5 Å². The van der Waals surface area contributed by atoms with Crippen LogP contribution in [0.5, 0.6) is 0 Å². The van der Waals surface area contributed by atoms with Crippen molar-refractivity contribution in [2.45, 2.75) is 42.5 Å². The van der Waals surface area contributed by atoms with Gasteiger partial charge < -0.3 is 15.6 Å². The van der Waals surface area contributed by atoms with Gasteiger partial charge in [-0.3, -0.25) is 9.78 Å². The third-order valence-electron chi connectivity index (χ3n) is 9.46. The first-order valence-electron chi connectivity index (χ1n) is 15.4. The number of carbonyl (C=O) groups is 1. The molecule has 11 nitrogen and oxygen atoms in total. The molecule has 2 saturated heterocycles. The lowest BCUT2D eigenvalue weighted by Gasteiger charge is -2.41. The number of sulfone groups is 1. The normalized spacial score (nSPS) is 19.9. The number of amides is 1. The summed E-state index contributed by atoms with van der Waals surface area (Å²) >= 11 is 0. The first-order valence-corrected chi connectivity index (χ1v) is 17.3. The maximum atomic E-state index is 13.8. The van der Waals surface area contributed by atoms with Crippen molar-refractivity contribution in [3.8, 4) is 22.4 Å². The Balaban J connectivity index is 1.18. The molecule has 9 rings (SSSR count). The van der Waals surface area contributed by atoms with Gasteiger partial charge in [-0.05, 0) is 43.4 Å². The van der Waals surface area contributed by atoms with Gasteiger partial charge in [0.2, 0.25) is 0 Å². The average molecular weight is 633 g/mol. The van der Waals surface area contributed by atoms with Crippen LogP contribution in [0.2, 0.25) is 0 Å². The molecular weight excluding hydrogens is 600 g/mol. The van der Waals surface area contributed by atoms with Crippen molar-refractivity contribution in [2.24, 2.45) is 5.92 Å². The average Bonchev–Trinajstić information content (AvgIpc) is 3.57. The van der Waals surface area contributed by atoms with Crippen LogP contribution in [0.25, 0.3) is 39.1 Å². The first-order chi connectivity index (χ1) is 22.3. The van der Waals surface area contributed by atoms with Gasteiger partial charge in [0.15, 0.2) is 21.3 Å². The van der Waals surface area contributed by atoms with Gasteiger partial charge >= 0.3 is 0 Å². The van der Waals surface area contributed by atoms with E-state index in [1.807, 2.05) is 71.6 Å². The molecule has 6 aromatic rings. The number of imidazole rings is 1. The molecule has 3 fully saturated rings. The summed E-state index contributed by atoms with van der Waals surface area (Å²) in [6, 6.07) is 21.3. The number of carbonyl (C=O) groups excluding carboxylic acids is 1. The van der Waals surface area contributed by atoms with Crippen molar-refractivity contribution in [3.05, 3.63) is 90.6 Å². The molecule has 1 aliphatic carbocycles. The van der Waals surface area contributed by atoms with Crippen molar-refractivity contribution in [2.75, 3.05) is 18.5 Å². The number of fused-ring (bicyclic) bond motifs is 6. The van der Waals surface area contributed by atoms with E-state index in [1.54, 1.807) is 12.4 Å². The van der Waals surface area contributed by atoms with E-state index in [0.717, 1.165) is 47.1 Å². The molecule has 0 radical (unpaired) electrons. The number of para-hydroxylation sites is 2. The van der Waals surface area contributed by atoms with E-state index >= 15 is 0 Å². The number of nitrogens with two attached hydrogens (primary N) is 1. The highest BCUT2D eigenvalue weighted by atomic mass is 32.2. The fourth-order valence-corrected chi connectivity index (χ4v) is 8.33. The fourth-order valence-electron chi connectivity index (χ4n) is 7.28. The summed E-state index contributed by atoms with van der Waals surface area (Å²) in [7, 11) is -3.77. The number of hydrogen-bond acceptors (Lipinski definition) is 8. The molecule has 3 atom stereocenters. The highest BCUT2D eigenvalue weighted by Crippen LogP contribution is 2.46. The second-order valence-corrected chi connectivity index (χ2v) is 14.3. The number of hydrogen-bond donors (Lipinski definition) is 2. The van der Waals surface area contributed by atoms with Crippen LogP contribution in [0.4, 0.5) is 5.82 Å². The molecule has 3 aliphatic rings. The number of aromatic nitrogens is 6. The molecule has 6 heterocycles. The van der Waals surface area contributed by atoms with Gasteiger partial charge in [0.05, 0.1) is 28.6 Å². The van der Waals surface area contributed by atoms with E-state index in [1.165, 1.54) is 10.8 Å². The number of nitrogens with one attached hydrogen (secondary N) is 1. The molecule has 0 spiro atoms. The molecule has 1 amide bonds. The number of H-pyrrole nitrogens is 1. The molecule has 1 saturated carbocycles. The number of rotatable bonds is 5. The maximum absolute atomic E-state index is 13.8. The number of nitrogens with zero attached hydrogens (tertiary/aromatic N) is 6. The monoisotopic (exact) mass is 632 g/mol. The predicted octanol–water partition coefficient (Wildman–Crippen LogP) is 5.12. The van der Waals surface area contributed by atoms with Gasteiger partial charge in [0.25, 0.3) is 5.91 Å². The number of aromatic amines is 1. The van der Waals surface area contributed by atoms with Crippen molar-refractivity contribution >= 4 is 38.2 Å². The van der Waals surface area contributed by atoms with E-state index < -0.39 is 9.84 Å². The molecule has 4 aromatic heterocycles. The lowest BCUT2D eigenvalue weighted by Crippen LogP contribution is -2.48. The Morgan fingerprint density at radius 3 is 2.52 bits per heavy atom. The van der Waals surface area contributed by atoms with Gasteiger partial charge in [0, 0.05) is 47.6 Å². The largest absolute Gasteiger partial charge is 0.382 e. The predicted molar refractivity (Wildman–Crippen MR) is 175 cm³/mol. The van der Waals surface area contributed by atoms with E-state index in [0.29, 0.717) is 35.7 Å². The van der Waals surface area contributed by atoms with Gasteiger partial charge in [-0.15, -0.1) is 0 Å². The minimum absolute atomic E-state index is 0.000113. The summed E-state index contributed by atoms with van der Waals surface area (Å²) in [5, 5.41) is 4.46. The molecule has 12 heteroatoms. The zero-order chi connectivity index (χ0) is 31.6. The number of piperidine rings is 1. The topological polar surface area (TPSA) is 152 Å². The van der Waals surface area contributed by atoms with E-state index in [9.17, 15) is 13.2 Å². The van der Waals surface area contributed by atoms with Crippen molar-refractivity contribution < 1.29 is 13.2 Å². The highest BCUT2D eigenvalue weighted by molar-refractivity contribution is 7.91. The van der Waals surface area contributed by atoms with Crippen molar-refractivity contribution in [3.63, 3.8) is 0 Å². The molecule has 2 aromatic carbocycles. The Hall–Kier alpha value is -5.10. The third kappa shape index (κ3) is 4.71. The standard InChI is InChI=1S/C34H32N8O3S/c1-46(44,45)30-29(24-16-23-11-7-10-22(24)19-41(23)34(43)32-38-27-12-5-6-13-28(27)39-32)40-33-25(18-37-42(33)31(30)35)21-14-15-26(36-17-21)20-8-3-2-4-9-20/h2-6,8-9,12-15,17-18,22-24H,7,10-11,16,19,35H2,1H3,(H,38,39). The van der Waals surface area contributed by atoms with Crippen LogP contribution in [0, 0.1) is 5.92 Å². The molecular formula is C34H32N8O3S. The zero-order valence-corrected chi connectivity index (χ0v) is 26.0. The van der Waals surface area contributed by atoms with Crippen LogP contribution in [0.3, 0.4) is 0 Å². The van der Waals surface area contributed by atoms with Gasteiger partial charge in [-0.25, -0.2) is 18.4 Å². The third-order valence-corrected chi connectivity index (χ3v) is 10.6. The Morgan fingerprint density at radius 2 is 1.76 bits per heavy atom. The second-order valence-electron chi connectivity index (χ2n) is 12.3. The van der Waals surface area contributed by atoms with Crippen LogP contribution < -0.4 is 5.73 Å². The van der Waals surface area contributed by atoms with E-state index in [4.69, 9.17) is 10.7 Å². The molecule has 232 valence electrons. The first kappa shape index (κ1) is 28.4. The number of benzene rings is 2. The van der Waals surface area contributed by atoms with Gasteiger partial charge in [-0.2, -0.15) is 9.61 Å². The fraction of sp³-hybridized carbons (Fsp3) is 0.265. The number of anilines is 1. The summed E-state index contributed by atoms with van der Waals surface area (Å²) in [6.07, 6.45) is 7.77. The zero-order valence-electron chi connectivity index (χ0n) is 25.2. The quantitative estimate of drug-likeness (QED) is 0.266. The van der Waals surface area contributed by atoms with Crippen LogP contribution in [-0.4, -0.2) is 67.6 Å². The maximum Gasteiger partial charge on any atom is 0.289 e. The van der Waals surface area contributed by atoms with Crippen LogP contribution in [0.15, 0.2) is 84.0 Å². The summed E-state index contributed by atoms with van der Waals surface area (Å²) in [6.45, 7) is 0.484. The summed E-state index contributed by atoms with van der Waals surface area (Å²) in [4.78, 5) is 33.2. The van der Waals surface area contributed by atoms with Crippen molar-refractivity contribution in [1.29, 1.82) is 0 Å². The van der Waals surface area contributed by atoms with Gasteiger partial charge in [0.1, 0.15) is 10.7 Å². The minimum Gasteiger partial charge on any atom is -0.382 e. The molecule has 3 unspecified atom stereocenters. The number of pyridine rings is 1. The summed E-state index contributed by atoms with van der Waals surface area (Å²) in [5.41, 5.74) is 12.5. The second kappa shape index (κ2) is 10.8. The Labute approximate surface area is 265 Å². The number of nitrogen functional groups attached to an aromatic ring is 1. The molecule has 2 bridgehead atoms. The lowest BCUT2D eigenvalue weighted by atomic mass is 9.80. The van der Waals surface area contributed by atoms with Crippen LogP contribution >= 0.6 is 0 Å². The summed E-state index contributed by atoms with van der Waals surface area (Å²) in [5.74, 6) is 0.0210. The minimum atomic E-state index is -3.77. The SMILES string of the molecule is CS(=O)(=O)c1c(C2CC3CCCC2CN3C(=O)c2nc3ccccc3[nH]2)nc2c(-c3ccc(-c4ccccc4)nc3)cnn2c1N. The van der Waals surface area contributed by atoms with E-state index in [2.05, 4.69) is 20.1 Å². The Kier molecular flexibility index (Phi) is 6.64. The Morgan fingerprint density at radius 1 is 0.957 bits per heavy atom. The van der Waals surface area contributed by atoms with Gasteiger partial charge in [-0.1, -0.05) is 55.0 Å². The Bertz CT molecular complexity index is 2200.